The van der Waals surface area contributed by atoms with Crippen LogP contribution in [0.1, 0.15) is 216 Å². The van der Waals surface area contributed by atoms with Gasteiger partial charge in [0.05, 0.1) is 12.2 Å². The second kappa shape index (κ2) is 23.1. The Hall–Kier alpha value is -3.42. The van der Waals surface area contributed by atoms with Crippen molar-refractivity contribution in [1.82, 2.24) is 0 Å². The molecule has 4 heterocycles. The highest BCUT2D eigenvalue weighted by Crippen LogP contribution is 2.67. The summed E-state index contributed by atoms with van der Waals surface area (Å²) in [6, 6.07) is 0. The molecule has 2 saturated heterocycles. The lowest BCUT2D eigenvalue weighted by Gasteiger charge is -2.41. The van der Waals surface area contributed by atoms with E-state index in [1.807, 2.05) is 0 Å². The molecule has 0 amide bonds. The summed E-state index contributed by atoms with van der Waals surface area (Å²) >= 11 is 0. The molecule has 4 aliphatic heterocycles. The van der Waals surface area contributed by atoms with Crippen molar-refractivity contribution in [3.05, 3.63) is 117 Å². The van der Waals surface area contributed by atoms with Gasteiger partial charge in [0, 0.05) is 40.7 Å². The molecule has 1 aromatic carbocycles. The van der Waals surface area contributed by atoms with Crippen molar-refractivity contribution in [2.45, 2.75) is 267 Å². The maximum absolute atomic E-state index is 10.7. The lowest BCUT2D eigenvalue weighted by molar-refractivity contribution is 0.0501. The summed E-state index contributed by atoms with van der Waals surface area (Å²) in [5.41, 5.74) is 7.96. The summed E-state index contributed by atoms with van der Waals surface area (Å²) in [5, 5.41) is 21.2. The van der Waals surface area contributed by atoms with Crippen molar-refractivity contribution in [3.63, 3.8) is 0 Å². The van der Waals surface area contributed by atoms with Crippen LogP contribution in [0.5, 0.6) is 11.5 Å². The first kappa shape index (κ1) is 59.2. The molecule has 0 spiro atoms. The van der Waals surface area contributed by atoms with Crippen LogP contribution >= 0.6 is 0 Å². The molecule has 7 rings (SSSR count). The molecule has 75 heavy (non-hydrogen) atoms. The first-order chi connectivity index (χ1) is 35.1. The van der Waals surface area contributed by atoms with E-state index in [2.05, 4.69) is 191 Å². The van der Waals surface area contributed by atoms with Gasteiger partial charge in [-0.3, -0.25) is 0 Å². The Balaban J connectivity index is 1.05. The minimum Gasteiger partial charge on any atom is -0.487 e. The Morgan fingerprint density at radius 3 is 1.68 bits per heavy atom. The van der Waals surface area contributed by atoms with Gasteiger partial charge in [-0.05, 0) is 154 Å². The fraction of sp³-hybridized carbons (Fsp3) is 0.681. The van der Waals surface area contributed by atoms with Crippen LogP contribution in [-0.2, 0) is 22.3 Å². The van der Waals surface area contributed by atoms with E-state index >= 15 is 0 Å². The van der Waals surface area contributed by atoms with Gasteiger partial charge in [-0.15, -0.1) is 0 Å². The maximum Gasteiger partial charge on any atom is 0.127 e. The summed E-state index contributed by atoms with van der Waals surface area (Å²) in [7, 11) is 0. The first-order valence-electron chi connectivity index (χ1n) is 29.8. The second-order valence-electron chi connectivity index (χ2n) is 27.8. The summed E-state index contributed by atoms with van der Waals surface area (Å²) in [6.45, 7) is 38.3. The molecule has 6 nitrogen and oxygen atoms in total. The van der Waals surface area contributed by atoms with Crippen molar-refractivity contribution >= 4 is 0 Å². The molecular formula is C69H104O6. The van der Waals surface area contributed by atoms with Crippen molar-refractivity contribution < 1.29 is 29.2 Å². The fourth-order valence-electron chi connectivity index (χ4n) is 14.7. The minimum atomic E-state index is -0.385. The van der Waals surface area contributed by atoms with Gasteiger partial charge in [-0.25, -0.2) is 0 Å². The van der Waals surface area contributed by atoms with Crippen LogP contribution in [0.4, 0.5) is 0 Å². The Labute approximate surface area is 457 Å². The van der Waals surface area contributed by atoms with E-state index in [0.717, 1.165) is 78.9 Å². The number of aliphatic hydroxyl groups excluding tert-OH is 2. The molecule has 0 radical (unpaired) electrons. The lowest BCUT2D eigenvalue weighted by Crippen LogP contribution is -2.46. The predicted molar refractivity (Wildman–Crippen MR) is 314 cm³/mol. The lowest BCUT2D eigenvalue weighted by atomic mass is 9.63. The van der Waals surface area contributed by atoms with E-state index in [0.29, 0.717) is 12.8 Å². The quantitative estimate of drug-likeness (QED) is 0.0889. The Morgan fingerprint density at radius 2 is 1.11 bits per heavy atom. The Bertz CT molecular complexity index is 2450. The van der Waals surface area contributed by atoms with E-state index < -0.39 is 0 Å². The van der Waals surface area contributed by atoms with Gasteiger partial charge in [0.15, 0.2) is 0 Å². The molecule has 2 N–H and O–H groups in total. The van der Waals surface area contributed by atoms with Gasteiger partial charge < -0.3 is 29.2 Å². The molecule has 416 valence electrons. The van der Waals surface area contributed by atoms with Gasteiger partial charge in [0.25, 0.3) is 0 Å². The summed E-state index contributed by atoms with van der Waals surface area (Å²) < 4.78 is 27.4. The van der Waals surface area contributed by atoms with Crippen LogP contribution in [0.25, 0.3) is 0 Å². The van der Waals surface area contributed by atoms with Crippen molar-refractivity contribution in [1.29, 1.82) is 0 Å². The molecule has 1 aromatic rings. The zero-order valence-electron chi connectivity index (χ0n) is 50.3. The molecule has 2 aliphatic carbocycles. The Morgan fingerprint density at radius 1 is 0.600 bits per heavy atom. The van der Waals surface area contributed by atoms with Gasteiger partial charge in [0.1, 0.15) is 45.6 Å². The van der Waals surface area contributed by atoms with Crippen LogP contribution in [-0.4, -0.2) is 56.5 Å². The average molecular weight is 1030 g/mol. The van der Waals surface area contributed by atoms with Gasteiger partial charge in [0.2, 0.25) is 0 Å². The number of fused-ring (bicyclic) bond motifs is 5. The number of epoxide rings is 2. The van der Waals surface area contributed by atoms with Crippen LogP contribution in [0.2, 0.25) is 0 Å². The molecule has 11 atom stereocenters. The highest BCUT2D eigenvalue weighted by Gasteiger charge is 2.75. The van der Waals surface area contributed by atoms with E-state index in [1.165, 1.54) is 84.8 Å². The topological polar surface area (TPSA) is 84.0 Å². The third kappa shape index (κ3) is 13.0. The SMILES string of the molecule is CC(=C/C1Cc2c3c(c(C)c(C)c2OC1/C(C)=C/C=C/C=C(C)/C=C/C=C(C)/C=C/[C@@]12O[C@]1(C)C[C@@H](O)CC2(C)C)O[C@](C)(CCCC(C)CCCC(C)CCCC(C)C)CC3)/C=C/[C@@]12O[C@]1(C)C[C@@H](O)CC2(C)C. The normalized spacial score (nSPS) is 34.3. The summed E-state index contributed by atoms with van der Waals surface area (Å²) in [6.07, 6.45) is 43.2. The Kier molecular flexibility index (Phi) is 18.3. The van der Waals surface area contributed by atoms with Crippen LogP contribution in [0.15, 0.2) is 95.2 Å². The predicted octanol–water partition coefficient (Wildman–Crippen LogP) is 17.2. The standard InChI is InChI=1S/C69H104O6/c1-46(2)24-20-26-48(4)28-21-29-49(5)31-23-36-65(15)37-35-58-59-41-55(40-51(7)34-39-69-64(13,14)43-57(71)45-67(69,17)75-69)60(72-61(59)53(9)54(10)62(58)73-65)52(8)32-19-18-25-47(3)27-22-30-50(6)33-38-68-63(11,12)42-56(70)44-66(68,16)74-68/h18-19,22,25,27,30,32-34,38-40,46,48-49,55-57,60,70-71H,20-21,23-24,26,28-29,31,35-37,41-45H2,1-17H3/b19-18+,27-22+,38-33+,39-34+,47-25+,50-30+,51-40-,52-32+/t48?,49?,55?,56-,57-,60?,65+,66+,67+,68-,69-/m0/s1. The van der Waals surface area contributed by atoms with Gasteiger partial charge in [-0.2, -0.15) is 0 Å². The molecule has 4 fully saturated rings. The van der Waals surface area contributed by atoms with Crippen LogP contribution in [0, 0.1) is 48.3 Å². The number of rotatable bonds is 22. The van der Waals surface area contributed by atoms with E-state index in [-0.39, 0.29) is 63.1 Å². The van der Waals surface area contributed by atoms with E-state index in [9.17, 15) is 10.2 Å². The zero-order valence-corrected chi connectivity index (χ0v) is 50.3. The van der Waals surface area contributed by atoms with Crippen LogP contribution < -0.4 is 9.47 Å². The van der Waals surface area contributed by atoms with Gasteiger partial charge in [-0.1, -0.05) is 178 Å². The molecule has 2 saturated carbocycles. The molecule has 0 bridgehead atoms. The summed E-state index contributed by atoms with van der Waals surface area (Å²) in [5.74, 6) is 4.67. The molecule has 0 aromatic heterocycles. The van der Waals surface area contributed by atoms with E-state index in [4.69, 9.17) is 18.9 Å². The average Bonchev–Trinajstić information content (AvgIpc) is 4.16. The number of benzene rings is 1. The largest absolute Gasteiger partial charge is 0.487 e. The van der Waals surface area contributed by atoms with E-state index in [1.54, 1.807) is 0 Å². The third-order valence-corrected chi connectivity index (χ3v) is 19.4. The maximum atomic E-state index is 10.7. The minimum absolute atomic E-state index is 0.112. The molecular weight excluding hydrogens is 925 g/mol. The summed E-state index contributed by atoms with van der Waals surface area (Å²) in [4.78, 5) is 0. The molecule has 6 heteroatoms. The third-order valence-electron chi connectivity index (χ3n) is 19.4. The number of allylic oxidation sites excluding steroid dienone is 12. The number of ether oxygens (including phenoxy) is 4. The van der Waals surface area contributed by atoms with Crippen LogP contribution in [0.3, 0.4) is 0 Å². The number of hydrogen-bond acceptors (Lipinski definition) is 6. The smallest absolute Gasteiger partial charge is 0.127 e. The number of hydrogen-bond donors (Lipinski definition) is 2. The molecule has 4 unspecified atom stereocenters. The molecule has 6 aliphatic rings. The first-order valence-corrected chi connectivity index (χ1v) is 29.8. The highest BCUT2D eigenvalue weighted by molar-refractivity contribution is 5.61. The van der Waals surface area contributed by atoms with Crippen molar-refractivity contribution in [3.8, 4) is 11.5 Å². The van der Waals surface area contributed by atoms with Crippen molar-refractivity contribution in [2.75, 3.05) is 0 Å². The van der Waals surface area contributed by atoms with Crippen molar-refractivity contribution in [2.24, 2.45) is 34.5 Å². The zero-order chi connectivity index (χ0) is 54.9. The van der Waals surface area contributed by atoms with Gasteiger partial charge >= 0.3 is 0 Å². The highest BCUT2D eigenvalue weighted by atomic mass is 16.6. The second-order valence-corrected chi connectivity index (χ2v) is 27.8. The number of aliphatic hydroxyl groups is 2. The monoisotopic (exact) mass is 1030 g/mol. The fourth-order valence-corrected chi connectivity index (χ4v) is 14.7.